The fourth-order valence-corrected chi connectivity index (χ4v) is 2.98. The maximum Gasteiger partial charge on any atom is 0.140 e. The molecule has 0 atom stereocenters. The average molecular weight is 281 g/mol. The highest BCUT2D eigenvalue weighted by molar-refractivity contribution is 5.33. The zero-order chi connectivity index (χ0) is 14.7. The lowest BCUT2D eigenvalue weighted by molar-refractivity contribution is 0.173. The van der Waals surface area contributed by atoms with Crippen LogP contribution in [-0.4, -0.2) is 32.8 Å². The van der Waals surface area contributed by atoms with Gasteiger partial charge in [-0.05, 0) is 18.4 Å². The third kappa shape index (κ3) is 2.67. The van der Waals surface area contributed by atoms with Crippen LogP contribution in [0, 0.1) is 11.3 Å². The van der Waals surface area contributed by atoms with Gasteiger partial charge in [0.05, 0.1) is 18.0 Å². The number of piperidine rings is 1. The van der Waals surface area contributed by atoms with Gasteiger partial charge in [0.15, 0.2) is 0 Å². The van der Waals surface area contributed by atoms with E-state index < -0.39 is 0 Å². The summed E-state index contributed by atoms with van der Waals surface area (Å²) in [5.41, 5.74) is 0.809. The Morgan fingerprint density at radius 1 is 1.24 bits per heavy atom. The topological polar surface area (TPSA) is 57.7 Å². The van der Waals surface area contributed by atoms with Gasteiger partial charge in [-0.1, -0.05) is 30.3 Å². The van der Waals surface area contributed by atoms with Crippen molar-refractivity contribution in [3.63, 3.8) is 0 Å². The van der Waals surface area contributed by atoms with Crippen LogP contribution in [0.1, 0.15) is 24.2 Å². The van der Waals surface area contributed by atoms with Gasteiger partial charge in [0.25, 0.3) is 0 Å². The predicted octanol–water partition coefficient (Wildman–Crippen LogP) is 1.87. The standard InChI is InChI=1S/C16H19N5/c1-20-15(18-13-19-20)11-21-9-7-16(12-17,8-10-21)14-5-3-2-4-6-14/h2-6,13H,7-11H2,1H3. The molecule has 0 spiro atoms. The fraction of sp³-hybridized carbons (Fsp3) is 0.438. The number of hydrogen-bond acceptors (Lipinski definition) is 4. The van der Waals surface area contributed by atoms with Crippen molar-refractivity contribution in [1.82, 2.24) is 19.7 Å². The molecule has 1 aromatic carbocycles. The SMILES string of the molecule is Cn1ncnc1CN1CCC(C#N)(c2ccccc2)CC1. The van der Waals surface area contributed by atoms with Crippen LogP contribution in [0.5, 0.6) is 0 Å². The van der Waals surface area contributed by atoms with E-state index >= 15 is 0 Å². The van der Waals surface area contributed by atoms with Gasteiger partial charge in [0.1, 0.15) is 12.2 Å². The second-order valence-corrected chi connectivity index (χ2v) is 5.64. The minimum Gasteiger partial charge on any atom is -0.296 e. The largest absolute Gasteiger partial charge is 0.296 e. The highest BCUT2D eigenvalue weighted by Gasteiger charge is 2.36. The van der Waals surface area contributed by atoms with Gasteiger partial charge >= 0.3 is 0 Å². The Labute approximate surface area is 124 Å². The number of benzene rings is 1. The van der Waals surface area contributed by atoms with Crippen molar-refractivity contribution < 1.29 is 0 Å². The summed E-state index contributed by atoms with van der Waals surface area (Å²) in [6.45, 7) is 2.62. The lowest BCUT2D eigenvalue weighted by atomic mass is 9.74. The average Bonchev–Trinajstić information content (AvgIpc) is 2.94. The van der Waals surface area contributed by atoms with Gasteiger partial charge in [0, 0.05) is 20.1 Å². The minimum atomic E-state index is -0.336. The monoisotopic (exact) mass is 281 g/mol. The first-order chi connectivity index (χ1) is 10.2. The van der Waals surface area contributed by atoms with Crippen LogP contribution >= 0.6 is 0 Å². The molecule has 1 saturated heterocycles. The summed E-state index contributed by atoms with van der Waals surface area (Å²) in [4.78, 5) is 6.62. The van der Waals surface area contributed by atoms with Gasteiger partial charge in [-0.15, -0.1) is 0 Å². The van der Waals surface area contributed by atoms with E-state index in [0.29, 0.717) is 0 Å². The molecule has 5 nitrogen and oxygen atoms in total. The highest BCUT2D eigenvalue weighted by Crippen LogP contribution is 2.35. The Morgan fingerprint density at radius 3 is 2.52 bits per heavy atom. The molecule has 2 aromatic rings. The molecule has 5 heteroatoms. The molecule has 1 aliphatic rings. The third-order valence-corrected chi connectivity index (χ3v) is 4.42. The molecule has 0 aliphatic carbocycles. The van der Waals surface area contributed by atoms with Crippen molar-refractivity contribution in [2.24, 2.45) is 7.05 Å². The van der Waals surface area contributed by atoms with Crippen LogP contribution in [0.3, 0.4) is 0 Å². The first-order valence-corrected chi connectivity index (χ1v) is 7.25. The van der Waals surface area contributed by atoms with Gasteiger partial charge < -0.3 is 0 Å². The number of aromatic nitrogens is 3. The summed E-state index contributed by atoms with van der Waals surface area (Å²) in [5.74, 6) is 0.971. The zero-order valence-corrected chi connectivity index (χ0v) is 12.2. The van der Waals surface area contributed by atoms with Crippen molar-refractivity contribution in [2.75, 3.05) is 13.1 Å². The van der Waals surface area contributed by atoms with E-state index in [1.165, 1.54) is 0 Å². The second-order valence-electron chi connectivity index (χ2n) is 5.64. The molecule has 2 heterocycles. The first-order valence-electron chi connectivity index (χ1n) is 7.25. The van der Waals surface area contributed by atoms with E-state index in [9.17, 15) is 5.26 Å². The molecule has 0 N–H and O–H groups in total. The van der Waals surface area contributed by atoms with E-state index in [4.69, 9.17) is 0 Å². The summed E-state index contributed by atoms with van der Waals surface area (Å²) in [5, 5.41) is 13.8. The molecule has 3 rings (SSSR count). The molecule has 0 amide bonds. The number of nitrogens with zero attached hydrogens (tertiary/aromatic N) is 5. The molecule has 1 aromatic heterocycles. The Kier molecular flexibility index (Phi) is 3.72. The van der Waals surface area contributed by atoms with E-state index in [0.717, 1.165) is 43.9 Å². The van der Waals surface area contributed by atoms with Crippen LogP contribution in [-0.2, 0) is 19.0 Å². The number of likely N-dealkylation sites (tertiary alicyclic amines) is 1. The van der Waals surface area contributed by atoms with Crippen LogP contribution in [0.4, 0.5) is 0 Å². The second kappa shape index (κ2) is 5.66. The molecule has 1 fully saturated rings. The van der Waals surface area contributed by atoms with Crippen LogP contribution in [0.25, 0.3) is 0 Å². The molecular weight excluding hydrogens is 262 g/mol. The summed E-state index contributed by atoms with van der Waals surface area (Å²) < 4.78 is 1.81. The minimum absolute atomic E-state index is 0.336. The lowest BCUT2D eigenvalue weighted by Crippen LogP contribution is -2.41. The molecular formula is C16H19N5. The van der Waals surface area contributed by atoms with Crippen LogP contribution < -0.4 is 0 Å². The normalized spacial score (nSPS) is 18.3. The number of rotatable bonds is 3. The molecule has 0 bridgehead atoms. The molecule has 0 saturated carbocycles. The highest BCUT2D eigenvalue weighted by atomic mass is 15.3. The molecule has 0 unspecified atom stereocenters. The Morgan fingerprint density at radius 2 is 1.95 bits per heavy atom. The first kappa shape index (κ1) is 13.8. The van der Waals surface area contributed by atoms with Gasteiger partial charge in [0.2, 0.25) is 0 Å². The molecule has 21 heavy (non-hydrogen) atoms. The zero-order valence-electron chi connectivity index (χ0n) is 12.2. The predicted molar refractivity (Wildman–Crippen MR) is 79.2 cm³/mol. The van der Waals surface area contributed by atoms with Crippen molar-refractivity contribution >= 4 is 0 Å². The molecule has 108 valence electrons. The Bertz CT molecular complexity index is 632. The maximum atomic E-state index is 9.69. The smallest absolute Gasteiger partial charge is 0.140 e. The number of nitriles is 1. The summed E-state index contributed by atoms with van der Waals surface area (Å²) in [7, 11) is 1.91. The van der Waals surface area contributed by atoms with Gasteiger partial charge in [-0.3, -0.25) is 9.58 Å². The molecule has 0 radical (unpaired) electrons. The fourth-order valence-electron chi connectivity index (χ4n) is 2.98. The summed E-state index contributed by atoms with van der Waals surface area (Å²) >= 11 is 0. The number of hydrogen-bond donors (Lipinski definition) is 0. The van der Waals surface area contributed by atoms with Crippen molar-refractivity contribution in [3.8, 4) is 6.07 Å². The van der Waals surface area contributed by atoms with E-state index in [2.05, 4.69) is 33.2 Å². The van der Waals surface area contributed by atoms with E-state index in [1.54, 1.807) is 6.33 Å². The lowest BCUT2D eigenvalue weighted by Gasteiger charge is -2.37. The maximum absolute atomic E-state index is 9.69. The summed E-state index contributed by atoms with van der Waals surface area (Å²) in [6.07, 6.45) is 3.32. The number of aryl methyl sites for hydroxylation is 1. The van der Waals surface area contributed by atoms with Crippen LogP contribution in [0.15, 0.2) is 36.7 Å². The van der Waals surface area contributed by atoms with Crippen LogP contribution in [0.2, 0.25) is 0 Å². The van der Waals surface area contributed by atoms with Crippen molar-refractivity contribution in [2.45, 2.75) is 24.8 Å². The molecule has 1 aliphatic heterocycles. The summed E-state index contributed by atoms with van der Waals surface area (Å²) in [6, 6.07) is 12.7. The van der Waals surface area contributed by atoms with E-state index in [1.807, 2.05) is 29.9 Å². The third-order valence-electron chi connectivity index (χ3n) is 4.42. The van der Waals surface area contributed by atoms with Gasteiger partial charge in [-0.25, -0.2) is 4.98 Å². The Hall–Kier alpha value is -2.19. The van der Waals surface area contributed by atoms with E-state index in [-0.39, 0.29) is 5.41 Å². The van der Waals surface area contributed by atoms with Crippen molar-refractivity contribution in [1.29, 1.82) is 5.26 Å². The van der Waals surface area contributed by atoms with Gasteiger partial charge in [-0.2, -0.15) is 10.4 Å². The quantitative estimate of drug-likeness (QED) is 0.862. The Balaban J connectivity index is 1.69. The van der Waals surface area contributed by atoms with Crippen molar-refractivity contribution in [3.05, 3.63) is 48.0 Å².